The average Bonchev–Trinajstić information content (AvgIpc) is 3.28. The molecule has 1 aliphatic heterocycles. The second-order valence-electron chi connectivity index (χ2n) is 9.95. The Morgan fingerprint density at radius 3 is 2.32 bits per heavy atom. The summed E-state index contributed by atoms with van der Waals surface area (Å²) in [6.07, 6.45) is 4.71. The van der Waals surface area contributed by atoms with E-state index in [9.17, 15) is 0 Å². The van der Waals surface area contributed by atoms with Crippen LogP contribution in [0.3, 0.4) is 0 Å². The summed E-state index contributed by atoms with van der Waals surface area (Å²) < 4.78 is 5.98. The van der Waals surface area contributed by atoms with Crippen LogP contribution in [0.2, 0.25) is 0 Å². The molecule has 0 unspecified atom stereocenters. The van der Waals surface area contributed by atoms with Crippen molar-refractivity contribution in [1.82, 2.24) is 15.0 Å². The number of hydrogen-bond donors (Lipinski definition) is 0. The van der Waals surface area contributed by atoms with Gasteiger partial charge in [-0.3, -0.25) is 4.90 Å². The number of aryl methyl sites for hydroxylation is 1. The molecular weight excluding hydrogens is 418 g/mol. The van der Waals surface area contributed by atoms with Gasteiger partial charge in [-0.05, 0) is 81.5 Å². The average molecular weight is 454 g/mol. The van der Waals surface area contributed by atoms with E-state index < -0.39 is 0 Å². The Bertz CT molecular complexity index is 1190. The van der Waals surface area contributed by atoms with Gasteiger partial charge in [0, 0.05) is 24.0 Å². The molecule has 0 N–H and O–H groups in total. The maximum absolute atomic E-state index is 5.98. The van der Waals surface area contributed by atoms with E-state index in [2.05, 4.69) is 102 Å². The molecule has 0 atom stereocenters. The van der Waals surface area contributed by atoms with Gasteiger partial charge in [-0.15, -0.1) is 0 Å². The Hall–Kier alpha value is -2.95. The lowest BCUT2D eigenvalue weighted by atomic mass is 9.90. The molecule has 4 heteroatoms. The van der Waals surface area contributed by atoms with Crippen LogP contribution in [0.15, 0.2) is 77.3 Å². The number of piperidine rings is 1. The van der Waals surface area contributed by atoms with Gasteiger partial charge in [0.2, 0.25) is 0 Å². The third-order valence-corrected chi connectivity index (χ3v) is 7.12. The minimum atomic E-state index is 0.767. The number of nitrogens with zero attached hydrogens (tertiary/aromatic N) is 3. The largest absolute Gasteiger partial charge is 0.356 e. The highest BCUT2D eigenvalue weighted by atomic mass is 16.5. The van der Waals surface area contributed by atoms with E-state index in [-0.39, 0.29) is 0 Å². The first kappa shape index (κ1) is 22.8. The molecule has 0 bridgehead atoms. The van der Waals surface area contributed by atoms with Gasteiger partial charge in [-0.2, -0.15) is 0 Å². The number of hydrogen-bond acceptors (Lipinski definition) is 4. The Balaban J connectivity index is 1.26. The zero-order chi connectivity index (χ0) is 23.3. The second kappa shape index (κ2) is 10.5. The van der Waals surface area contributed by atoms with Crippen molar-refractivity contribution in [3.05, 3.63) is 89.6 Å². The Morgan fingerprint density at radius 2 is 1.62 bits per heavy atom. The lowest BCUT2D eigenvalue weighted by molar-refractivity contribution is 0.172. The van der Waals surface area contributed by atoms with Crippen LogP contribution in [-0.2, 0) is 19.5 Å². The first-order valence-corrected chi connectivity index (χ1v) is 12.5. The SMILES string of the molecule is CN(C)Cc1c(-c2ccccc2)ccc2c(CCC3CCN(Cc4ccccc4)CC3)noc12. The number of rotatable bonds is 8. The van der Waals surface area contributed by atoms with E-state index in [1.54, 1.807) is 0 Å². The summed E-state index contributed by atoms with van der Waals surface area (Å²) in [4.78, 5) is 4.79. The van der Waals surface area contributed by atoms with Crippen molar-refractivity contribution in [2.45, 2.75) is 38.8 Å². The Kier molecular flexibility index (Phi) is 7.08. The van der Waals surface area contributed by atoms with Gasteiger partial charge in [-0.25, -0.2) is 0 Å². The summed E-state index contributed by atoms with van der Waals surface area (Å²) >= 11 is 0. The fourth-order valence-electron chi connectivity index (χ4n) is 5.27. The molecule has 0 aliphatic carbocycles. The van der Waals surface area contributed by atoms with E-state index in [4.69, 9.17) is 4.52 Å². The summed E-state index contributed by atoms with van der Waals surface area (Å²) in [5.74, 6) is 0.767. The standard InChI is InChI=1S/C30H35N3O/c1-32(2)22-28-26(25-11-7-4-8-12-25)14-15-27-29(31-34-30(27)28)16-13-23-17-19-33(20-18-23)21-24-9-5-3-6-10-24/h3-12,14-15,23H,13,16-22H2,1-2H3. The second-order valence-corrected chi connectivity index (χ2v) is 9.95. The lowest BCUT2D eigenvalue weighted by Crippen LogP contribution is -2.33. The summed E-state index contributed by atoms with van der Waals surface area (Å²) in [5.41, 5.74) is 7.15. The predicted octanol–water partition coefficient (Wildman–Crippen LogP) is 6.40. The van der Waals surface area contributed by atoms with Crippen LogP contribution in [0.5, 0.6) is 0 Å². The van der Waals surface area contributed by atoms with Crippen molar-refractivity contribution in [2.75, 3.05) is 27.2 Å². The van der Waals surface area contributed by atoms with Crippen LogP contribution >= 0.6 is 0 Å². The lowest BCUT2D eigenvalue weighted by Gasteiger charge is -2.32. The Labute approximate surface area is 203 Å². The van der Waals surface area contributed by atoms with E-state index >= 15 is 0 Å². The van der Waals surface area contributed by atoms with Gasteiger partial charge >= 0.3 is 0 Å². The van der Waals surface area contributed by atoms with Gasteiger partial charge in [0.25, 0.3) is 0 Å². The van der Waals surface area contributed by atoms with Crippen LogP contribution in [0.1, 0.15) is 36.1 Å². The van der Waals surface area contributed by atoms with E-state index in [1.165, 1.54) is 60.0 Å². The van der Waals surface area contributed by atoms with Crippen LogP contribution in [0, 0.1) is 5.92 Å². The normalized spacial score (nSPS) is 15.4. The van der Waals surface area contributed by atoms with E-state index in [1.807, 2.05) is 0 Å². The highest BCUT2D eigenvalue weighted by molar-refractivity contribution is 5.89. The molecule has 4 nitrogen and oxygen atoms in total. The maximum Gasteiger partial charge on any atom is 0.172 e. The molecule has 34 heavy (non-hydrogen) atoms. The van der Waals surface area contributed by atoms with Crippen molar-refractivity contribution in [3.63, 3.8) is 0 Å². The zero-order valence-electron chi connectivity index (χ0n) is 20.4. The van der Waals surface area contributed by atoms with Crippen LogP contribution in [0.4, 0.5) is 0 Å². The van der Waals surface area contributed by atoms with Gasteiger partial charge in [0.1, 0.15) is 0 Å². The number of aromatic nitrogens is 1. The minimum Gasteiger partial charge on any atom is -0.356 e. The summed E-state index contributed by atoms with van der Waals surface area (Å²) in [6, 6.07) is 25.9. The molecule has 0 amide bonds. The predicted molar refractivity (Wildman–Crippen MR) is 140 cm³/mol. The molecule has 1 aliphatic rings. The molecular formula is C30H35N3O. The first-order chi connectivity index (χ1) is 16.7. The maximum atomic E-state index is 5.98. The molecule has 4 aromatic rings. The summed E-state index contributed by atoms with van der Waals surface area (Å²) in [7, 11) is 4.21. The third kappa shape index (κ3) is 5.24. The molecule has 5 rings (SSSR count). The topological polar surface area (TPSA) is 32.5 Å². The van der Waals surface area contributed by atoms with Crippen molar-refractivity contribution in [3.8, 4) is 11.1 Å². The van der Waals surface area contributed by atoms with Crippen molar-refractivity contribution >= 4 is 11.0 Å². The molecule has 1 saturated heterocycles. The number of benzene rings is 3. The number of likely N-dealkylation sites (tertiary alicyclic amines) is 1. The molecule has 0 radical (unpaired) electrons. The fourth-order valence-corrected chi connectivity index (χ4v) is 5.27. The Morgan fingerprint density at radius 1 is 0.912 bits per heavy atom. The minimum absolute atomic E-state index is 0.767. The molecule has 0 saturated carbocycles. The van der Waals surface area contributed by atoms with Crippen molar-refractivity contribution in [1.29, 1.82) is 0 Å². The highest BCUT2D eigenvalue weighted by Crippen LogP contribution is 2.34. The molecule has 1 fully saturated rings. The molecule has 1 aromatic heterocycles. The summed E-state index contributed by atoms with van der Waals surface area (Å²) in [5, 5.41) is 5.73. The van der Waals surface area contributed by atoms with Crippen LogP contribution in [0.25, 0.3) is 22.1 Å². The highest BCUT2D eigenvalue weighted by Gasteiger charge is 2.21. The van der Waals surface area contributed by atoms with Crippen molar-refractivity contribution < 1.29 is 4.52 Å². The van der Waals surface area contributed by atoms with Crippen LogP contribution < -0.4 is 0 Å². The monoisotopic (exact) mass is 453 g/mol. The van der Waals surface area contributed by atoms with E-state index in [0.29, 0.717) is 0 Å². The molecule has 176 valence electrons. The molecule has 3 aromatic carbocycles. The van der Waals surface area contributed by atoms with Gasteiger partial charge in [0.05, 0.1) is 5.69 Å². The molecule has 2 heterocycles. The number of fused-ring (bicyclic) bond motifs is 1. The third-order valence-electron chi connectivity index (χ3n) is 7.12. The van der Waals surface area contributed by atoms with Crippen LogP contribution in [-0.4, -0.2) is 42.1 Å². The van der Waals surface area contributed by atoms with Gasteiger partial charge in [0.15, 0.2) is 5.58 Å². The smallest absolute Gasteiger partial charge is 0.172 e. The fraction of sp³-hybridized carbons (Fsp3) is 0.367. The zero-order valence-corrected chi connectivity index (χ0v) is 20.4. The first-order valence-electron chi connectivity index (χ1n) is 12.5. The molecule has 0 spiro atoms. The quantitative estimate of drug-likeness (QED) is 0.309. The van der Waals surface area contributed by atoms with Gasteiger partial charge in [-0.1, -0.05) is 71.9 Å². The van der Waals surface area contributed by atoms with Gasteiger partial charge < -0.3 is 9.42 Å². The van der Waals surface area contributed by atoms with Crippen molar-refractivity contribution in [2.24, 2.45) is 5.92 Å². The summed E-state index contributed by atoms with van der Waals surface area (Å²) in [6.45, 7) is 4.27. The van der Waals surface area contributed by atoms with E-state index in [0.717, 1.165) is 36.7 Å².